The zero-order chi connectivity index (χ0) is 15.7. The highest BCUT2D eigenvalue weighted by Crippen LogP contribution is 2.34. The van der Waals surface area contributed by atoms with E-state index in [0.29, 0.717) is 17.2 Å². The highest BCUT2D eigenvalue weighted by molar-refractivity contribution is 7.71. The zero-order valence-corrected chi connectivity index (χ0v) is 13.6. The van der Waals surface area contributed by atoms with Gasteiger partial charge in [0.25, 0.3) is 0 Å². The van der Waals surface area contributed by atoms with Crippen molar-refractivity contribution in [3.63, 3.8) is 0 Å². The lowest BCUT2D eigenvalue weighted by atomic mass is 10.1. The van der Waals surface area contributed by atoms with Crippen LogP contribution in [0.25, 0.3) is 0 Å². The normalized spacial score (nSPS) is 16.8. The number of nitrogens with one attached hydrogen (secondary N) is 1. The number of hydrogen-bond acceptors (Lipinski definition) is 5. The van der Waals surface area contributed by atoms with Crippen LogP contribution in [0.4, 0.5) is 0 Å². The van der Waals surface area contributed by atoms with Crippen LogP contribution in [0.1, 0.15) is 30.8 Å². The van der Waals surface area contributed by atoms with E-state index in [9.17, 15) is 0 Å². The van der Waals surface area contributed by atoms with Gasteiger partial charge in [-0.15, -0.1) is 0 Å². The zero-order valence-electron chi connectivity index (χ0n) is 12.8. The Hall–Kier alpha value is -2.15. The van der Waals surface area contributed by atoms with Crippen LogP contribution in [0, 0.1) is 11.7 Å². The summed E-state index contributed by atoms with van der Waals surface area (Å²) < 4.78 is 13.6. The number of benzene rings is 1. The number of nitrogens with zero attached hydrogens (tertiary/aromatic N) is 3. The van der Waals surface area contributed by atoms with Crippen LogP contribution in [0.15, 0.2) is 17.2 Å². The number of aryl methyl sites for hydroxylation is 1. The molecule has 6 nitrogen and oxygen atoms in total. The molecular weight excluding hydrogens is 300 g/mol. The minimum absolute atomic E-state index is 0.196. The van der Waals surface area contributed by atoms with Gasteiger partial charge in [-0.1, -0.05) is 0 Å². The average molecular weight is 318 g/mol. The number of H-pyrrole nitrogens is 1. The molecule has 3 rings (SSSR count). The largest absolute Gasteiger partial charge is 0.493 e. The number of hydrogen-bond donors (Lipinski definition) is 1. The third-order valence-electron chi connectivity index (χ3n) is 3.45. The molecule has 0 amide bonds. The Morgan fingerprint density at radius 2 is 2.41 bits per heavy atom. The Morgan fingerprint density at radius 1 is 1.59 bits per heavy atom. The lowest BCUT2D eigenvalue weighted by Gasteiger charge is -2.09. The summed E-state index contributed by atoms with van der Waals surface area (Å²) in [5.41, 5.74) is 2.03. The van der Waals surface area contributed by atoms with Gasteiger partial charge in [0.1, 0.15) is 23.4 Å². The van der Waals surface area contributed by atoms with Crippen molar-refractivity contribution < 1.29 is 9.47 Å². The van der Waals surface area contributed by atoms with Gasteiger partial charge in [-0.3, -0.25) is 5.10 Å². The van der Waals surface area contributed by atoms with Crippen molar-refractivity contribution >= 4 is 18.4 Å². The van der Waals surface area contributed by atoms with Crippen LogP contribution in [0.2, 0.25) is 0 Å². The first-order valence-corrected chi connectivity index (χ1v) is 7.64. The van der Waals surface area contributed by atoms with Crippen molar-refractivity contribution in [2.75, 3.05) is 6.61 Å². The number of rotatable bonds is 4. The quantitative estimate of drug-likeness (QED) is 0.695. The topological polar surface area (TPSA) is 64.4 Å². The summed E-state index contributed by atoms with van der Waals surface area (Å²) >= 11 is 5.14. The molecule has 0 fully saturated rings. The predicted molar refractivity (Wildman–Crippen MR) is 86.5 cm³/mol. The first-order valence-electron chi connectivity index (χ1n) is 7.23. The fourth-order valence-corrected chi connectivity index (χ4v) is 2.69. The average Bonchev–Trinajstić information content (AvgIpc) is 2.99. The molecule has 2 aromatic rings. The Bertz CT molecular complexity index is 778. The van der Waals surface area contributed by atoms with E-state index >= 15 is 0 Å². The first-order chi connectivity index (χ1) is 10.6. The molecular formula is C15H18N4O2S. The molecule has 0 spiro atoms. The van der Waals surface area contributed by atoms with Crippen LogP contribution in [0.5, 0.6) is 11.5 Å². The van der Waals surface area contributed by atoms with Crippen molar-refractivity contribution in [3.8, 4) is 11.5 Å². The van der Waals surface area contributed by atoms with E-state index in [1.54, 1.807) is 10.9 Å². The molecule has 0 saturated carbocycles. The van der Waals surface area contributed by atoms with Crippen molar-refractivity contribution in [2.24, 2.45) is 5.10 Å². The van der Waals surface area contributed by atoms with Gasteiger partial charge in [0.15, 0.2) is 0 Å². The summed E-state index contributed by atoms with van der Waals surface area (Å²) in [5, 5.41) is 11.1. The second-order valence-electron chi connectivity index (χ2n) is 5.20. The van der Waals surface area contributed by atoms with E-state index in [2.05, 4.69) is 22.2 Å². The number of aromatic nitrogens is 3. The van der Waals surface area contributed by atoms with E-state index < -0.39 is 0 Å². The summed E-state index contributed by atoms with van der Waals surface area (Å²) in [6.45, 7) is 6.45. The minimum Gasteiger partial charge on any atom is -0.493 e. The smallest absolute Gasteiger partial charge is 0.216 e. The van der Waals surface area contributed by atoms with E-state index in [1.807, 2.05) is 26.0 Å². The van der Waals surface area contributed by atoms with Crippen LogP contribution >= 0.6 is 12.2 Å². The molecule has 0 unspecified atom stereocenters. The lowest BCUT2D eigenvalue weighted by molar-refractivity contribution is 0.254. The Balaban J connectivity index is 1.99. The highest BCUT2D eigenvalue weighted by atomic mass is 32.1. The molecule has 22 heavy (non-hydrogen) atoms. The van der Waals surface area contributed by atoms with Gasteiger partial charge in [-0.2, -0.15) is 14.9 Å². The fraction of sp³-hybridized carbons (Fsp3) is 0.400. The minimum atomic E-state index is 0.196. The molecule has 1 aliphatic heterocycles. The second kappa shape index (κ2) is 5.92. The SMILES string of the molecule is CCOc1cc2c(cc1/C=N\n1c(C)n[nH]c1=S)O[C@H](C)C2. The van der Waals surface area contributed by atoms with Crippen LogP contribution < -0.4 is 9.47 Å². The summed E-state index contributed by atoms with van der Waals surface area (Å²) in [5.74, 6) is 2.39. The Labute approximate surface area is 133 Å². The number of ether oxygens (including phenoxy) is 2. The Kier molecular flexibility index (Phi) is 3.98. The van der Waals surface area contributed by atoms with Gasteiger partial charge in [0, 0.05) is 17.5 Å². The molecule has 0 bridgehead atoms. The highest BCUT2D eigenvalue weighted by Gasteiger charge is 2.21. The maximum atomic E-state index is 5.80. The molecule has 0 aliphatic carbocycles. The second-order valence-corrected chi connectivity index (χ2v) is 5.58. The van der Waals surface area contributed by atoms with E-state index in [4.69, 9.17) is 21.7 Å². The first kappa shape index (κ1) is 14.8. The molecule has 2 heterocycles. The van der Waals surface area contributed by atoms with Crippen molar-refractivity contribution in [1.29, 1.82) is 0 Å². The molecule has 7 heteroatoms. The third-order valence-corrected chi connectivity index (χ3v) is 3.72. The predicted octanol–water partition coefficient (Wildman–Crippen LogP) is 2.85. The van der Waals surface area contributed by atoms with Crippen molar-refractivity contribution in [2.45, 2.75) is 33.3 Å². The van der Waals surface area contributed by atoms with Gasteiger partial charge < -0.3 is 9.47 Å². The van der Waals surface area contributed by atoms with E-state index in [-0.39, 0.29) is 6.10 Å². The Morgan fingerprint density at radius 3 is 3.09 bits per heavy atom. The third kappa shape index (κ3) is 2.76. The maximum Gasteiger partial charge on any atom is 0.216 e. The van der Waals surface area contributed by atoms with Gasteiger partial charge in [0.2, 0.25) is 4.77 Å². The summed E-state index contributed by atoms with van der Waals surface area (Å²) in [6.07, 6.45) is 2.82. The molecule has 1 N–H and O–H groups in total. The summed E-state index contributed by atoms with van der Waals surface area (Å²) in [4.78, 5) is 0. The molecule has 1 atom stereocenters. The van der Waals surface area contributed by atoms with Gasteiger partial charge >= 0.3 is 0 Å². The molecule has 0 radical (unpaired) electrons. The van der Waals surface area contributed by atoms with Gasteiger partial charge in [-0.25, -0.2) is 0 Å². The maximum absolute atomic E-state index is 5.80. The molecule has 0 saturated heterocycles. The lowest BCUT2D eigenvalue weighted by Crippen LogP contribution is -2.05. The van der Waals surface area contributed by atoms with E-state index in [1.165, 1.54) is 5.56 Å². The number of fused-ring (bicyclic) bond motifs is 1. The molecule has 1 aromatic carbocycles. The molecule has 1 aliphatic rings. The van der Waals surface area contributed by atoms with Gasteiger partial charge in [-0.05, 0) is 45.1 Å². The van der Waals surface area contributed by atoms with Crippen LogP contribution in [0.3, 0.4) is 0 Å². The fourth-order valence-electron chi connectivity index (χ4n) is 2.46. The van der Waals surface area contributed by atoms with Crippen LogP contribution in [-0.2, 0) is 6.42 Å². The van der Waals surface area contributed by atoms with Crippen LogP contribution in [-0.4, -0.2) is 33.8 Å². The molecule has 116 valence electrons. The number of aromatic amines is 1. The molecule has 1 aromatic heterocycles. The standard InChI is InChI=1S/C15H18N4O2S/c1-4-20-13-6-11-5-9(2)21-14(11)7-12(13)8-16-19-10(3)17-18-15(19)22/h6-9H,4-5H2,1-3H3,(H,18,22)/b16-8-/t9-/m1/s1. The van der Waals surface area contributed by atoms with Gasteiger partial charge in [0.05, 0.1) is 12.8 Å². The van der Waals surface area contributed by atoms with Crippen molar-refractivity contribution in [1.82, 2.24) is 14.9 Å². The van der Waals surface area contributed by atoms with E-state index in [0.717, 1.165) is 23.5 Å². The summed E-state index contributed by atoms with van der Waals surface area (Å²) in [7, 11) is 0. The van der Waals surface area contributed by atoms with Crippen molar-refractivity contribution in [3.05, 3.63) is 33.9 Å². The summed E-state index contributed by atoms with van der Waals surface area (Å²) in [6, 6.07) is 4.00. The monoisotopic (exact) mass is 318 g/mol.